The number of carboxylic acids is 1. The number of nitrogens with one attached hydrogen (secondary N) is 2. The van der Waals surface area contributed by atoms with Crippen molar-refractivity contribution in [2.75, 3.05) is 6.54 Å². The minimum Gasteiger partial charge on any atom is -0.479 e. The molecule has 0 spiro atoms. The van der Waals surface area contributed by atoms with E-state index in [9.17, 15) is 9.59 Å². The van der Waals surface area contributed by atoms with Crippen LogP contribution in [0.5, 0.6) is 0 Å². The Bertz CT molecular complexity index is 368. The summed E-state index contributed by atoms with van der Waals surface area (Å²) in [6.07, 6.45) is -1.48. The number of urea groups is 1. The van der Waals surface area contributed by atoms with E-state index in [1.54, 1.807) is 5.51 Å². The number of rotatable bonds is 6. The van der Waals surface area contributed by atoms with Gasteiger partial charge in [-0.2, -0.15) is 0 Å². The number of nitrogens with zero attached hydrogens (tertiary/aromatic N) is 1. The van der Waals surface area contributed by atoms with Crippen LogP contribution in [-0.2, 0) is 11.3 Å². The van der Waals surface area contributed by atoms with Crippen LogP contribution in [0, 0.1) is 0 Å². The molecule has 1 heterocycles. The first-order valence-electron chi connectivity index (χ1n) is 4.89. The highest BCUT2D eigenvalue weighted by atomic mass is 32.1. The molecule has 1 aromatic heterocycles. The van der Waals surface area contributed by atoms with E-state index in [-0.39, 0.29) is 13.0 Å². The molecule has 94 valence electrons. The van der Waals surface area contributed by atoms with Gasteiger partial charge in [-0.05, 0) is 0 Å². The van der Waals surface area contributed by atoms with Crippen LogP contribution in [0.1, 0.15) is 12.1 Å². The van der Waals surface area contributed by atoms with Crippen LogP contribution in [0.25, 0.3) is 0 Å². The number of aliphatic hydroxyl groups excluding tert-OH is 1. The molecule has 0 fully saturated rings. The van der Waals surface area contributed by atoms with Gasteiger partial charge in [-0.3, -0.25) is 0 Å². The predicted molar refractivity (Wildman–Crippen MR) is 60.6 cm³/mol. The van der Waals surface area contributed by atoms with Crippen LogP contribution in [0.3, 0.4) is 0 Å². The maximum Gasteiger partial charge on any atom is 0.332 e. The molecule has 7 nitrogen and oxygen atoms in total. The number of carbonyl (C=O) groups is 2. The van der Waals surface area contributed by atoms with Crippen LogP contribution >= 0.6 is 11.3 Å². The third-order valence-corrected chi connectivity index (χ3v) is 2.54. The van der Waals surface area contributed by atoms with E-state index in [1.165, 1.54) is 11.3 Å². The first-order valence-corrected chi connectivity index (χ1v) is 5.83. The summed E-state index contributed by atoms with van der Waals surface area (Å²) in [6, 6.07) is -0.421. The average Bonchev–Trinajstić information content (AvgIpc) is 2.78. The quantitative estimate of drug-likeness (QED) is 0.564. The smallest absolute Gasteiger partial charge is 0.332 e. The second kappa shape index (κ2) is 6.81. The maximum absolute atomic E-state index is 11.2. The number of aliphatic hydroxyl groups is 1. The lowest BCUT2D eigenvalue weighted by molar-refractivity contribution is -0.146. The van der Waals surface area contributed by atoms with E-state index in [1.807, 2.05) is 5.38 Å². The van der Waals surface area contributed by atoms with Crippen LogP contribution in [0.4, 0.5) is 4.79 Å². The molecule has 4 N–H and O–H groups in total. The molecular formula is C9H13N3O4S. The fourth-order valence-electron chi connectivity index (χ4n) is 1.00. The fraction of sp³-hybridized carbons (Fsp3) is 0.444. The SMILES string of the molecule is O=C(NCCC(O)C(=O)O)NCc1cscn1. The van der Waals surface area contributed by atoms with Crippen molar-refractivity contribution in [3.05, 3.63) is 16.6 Å². The molecule has 0 radical (unpaired) electrons. The zero-order valence-corrected chi connectivity index (χ0v) is 9.74. The highest BCUT2D eigenvalue weighted by Crippen LogP contribution is 1.99. The van der Waals surface area contributed by atoms with Crippen molar-refractivity contribution in [3.8, 4) is 0 Å². The van der Waals surface area contributed by atoms with E-state index >= 15 is 0 Å². The Labute approximate surface area is 101 Å². The molecule has 1 rings (SSSR count). The second-order valence-corrected chi connectivity index (χ2v) is 3.95. The third kappa shape index (κ3) is 5.27. The Balaban J connectivity index is 2.11. The van der Waals surface area contributed by atoms with Gasteiger partial charge in [0.25, 0.3) is 0 Å². The van der Waals surface area contributed by atoms with Gasteiger partial charge in [0.15, 0.2) is 6.10 Å². The maximum atomic E-state index is 11.2. The number of hydrogen-bond acceptors (Lipinski definition) is 5. The Hall–Kier alpha value is -1.67. The summed E-state index contributed by atoms with van der Waals surface area (Å²) in [6.45, 7) is 0.410. The molecular weight excluding hydrogens is 246 g/mol. The zero-order valence-electron chi connectivity index (χ0n) is 8.92. The summed E-state index contributed by atoms with van der Waals surface area (Å²) in [5, 5.41) is 24.1. The molecule has 0 saturated carbocycles. The van der Waals surface area contributed by atoms with Gasteiger partial charge in [-0.1, -0.05) is 0 Å². The van der Waals surface area contributed by atoms with Gasteiger partial charge in [-0.15, -0.1) is 11.3 Å². The number of thiazole rings is 1. The number of hydrogen-bond donors (Lipinski definition) is 4. The van der Waals surface area contributed by atoms with Crippen LogP contribution in [-0.4, -0.2) is 39.8 Å². The molecule has 17 heavy (non-hydrogen) atoms. The van der Waals surface area contributed by atoms with Gasteiger partial charge in [0.2, 0.25) is 0 Å². The highest BCUT2D eigenvalue weighted by molar-refractivity contribution is 7.07. The summed E-state index contributed by atoms with van der Waals surface area (Å²) in [5.74, 6) is -1.30. The number of carbonyl (C=O) groups excluding carboxylic acids is 1. The lowest BCUT2D eigenvalue weighted by Gasteiger charge is -2.08. The van der Waals surface area contributed by atoms with Crippen LogP contribution in [0.2, 0.25) is 0 Å². The number of carboxylic acid groups (broad SMARTS) is 1. The number of aliphatic carboxylic acids is 1. The topological polar surface area (TPSA) is 112 Å². The molecule has 0 aromatic carbocycles. The van der Waals surface area contributed by atoms with Crippen LogP contribution < -0.4 is 10.6 Å². The molecule has 0 aliphatic heterocycles. The lowest BCUT2D eigenvalue weighted by Crippen LogP contribution is -2.37. The van der Waals surface area contributed by atoms with E-state index in [0.717, 1.165) is 5.69 Å². The predicted octanol–water partition coefficient (Wildman–Crippen LogP) is -0.222. The summed E-state index contributed by atoms with van der Waals surface area (Å²) in [4.78, 5) is 25.5. The molecule has 0 aliphatic rings. The number of aromatic nitrogens is 1. The van der Waals surface area contributed by atoms with E-state index < -0.39 is 18.1 Å². The molecule has 0 saturated heterocycles. The molecule has 1 atom stereocenters. The van der Waals surface area contributed by atoms with Crippen molar-refractivity contribution in [1.29, 1.82) is 0 Å². The van der Waals surface area contributed by atoms with Crippen molar-refractivity contribution in [1.82, 2.24) is 15.6 Å². The minimum atomic E-state index is -1.45. The summed E-state index contributed by atoms with van der Waals surface area (Å²) >= 11 is 1.44. The Morgan fingerprint density at radius 2 is 2.24 bits per heavy atom. The van der Waals surface area contributed by atoms with E-state index in [4.69, 9.17) is 10.2 Å². The second-order valence-electron chi connectivity index (χ2n) is 3.23. The highest BCUT2D eigenvalue weighted by Gasteiger charge is 2.12. The molecule has 1 aromatic rings. The van der Waals surface area contributed by atoms with Gasteiger partial charge in [0.05, 0.1) is 17.7 Å². The normalized spacial score (nSPS) is 11.8. The van der Waals surface area contributed by atoms with Gasteiger partial charge < -0.3 is 20.8 Å². The molecule has 1 unspecified atom stereocenters. The summed E-state index contributed by atoms with van der Waals surface area (Å²) < 4.78 is 0. The lowest BCUT2D eigenvalue weighted by atomic mass is 10.2. The summed E-state index contributed by atoms with van der Waals surface area (Å²) in [5.41, 5.74) is 2.42. The monoisotopic (exact) mass is 259 g/mol. The largest absolute Gasteiger partial charge is 0.479 e. The van der Waals surface area contributed by atoms with Gasteiger partial charge >= 0.3 is 12.0 Å². The Kier molecular flexibility index (Phi) is 5.37. The standard InChI is InChI=1S/C9H13N3O4S/c13-7(8(14)15)1-2-10-9(16)11-3-6-4-17-5-12-6/h4-5,7,13H,1-3H2,(H,14,15)(H2,10,11,16). The van der Waals surface area contributed by atoms with Gasteiger partial charge in [0, 0.05) is 18.3 Å². The Morgan fingerprint density at radius 1 is 1.47 bits per heavy atom. The van der Waals surface area contributed by atoms with Crippen LogP contribution in [0.15, 0.2) is 10.9 Å². The first-order chi connectivity index (χ1) is 8.09. The zero-order chi connectivity index (χ0) is 12.7. The first kappa shape index (κ1) is 13.4. The molecule has 0 aliphatic carbocycles. The van der Waals surface area contributed by atoms with Crippen molar-refractivity contribution in [2.45, 2.75) is 19.1 Å². The summed E-state index contributed by atoms with van der Waals surface area (Å²) in [7, 11) is 0. The van der Waals surface area contributed by atoms with Crippen molar-refractivity contribution in [2.24, 2.45) is 0 Å². The van der Waals surface area contributed by atoms with E-state index in [0.29, 0.717) is 6.54 Å². The van der Waals surface area contributed by atoms with Crippen molar-refractivity contribution in [3.63, 3.8) is 0 Å². The minimum absolute atomic E-state index is 0.0283. The third-order valence-electron chi connectivity index (χ3n) is 1.90. The number of amides is 2. The van der Waals surface area contributed by atoms with Crippen molar-refractivity contribution >= 4 is 23.3 Å². The van der Waals surface area contributed by atoms with Gasteiger partial charge in [0.1, 0.15) is 0 Å². The van der Waals surface area contributed by atoms with E-state index in [2.05, 4.69) is 15.6 Å². The molecule has 2 amide bonds. The van der Waals surface area contributed by atoms with Gasteiger partial charge in [-0.25, -0.2) is 14.6 Å². The molecule has 8 heteroatoms. The Morgan fingerprint density at radius 3 is 2.82 bits per heavy atom. The average molecular weight is 259 g/mol. The van der Waals surface area contributed by atoms with Crippen molar-refractivity contribution < 1.29 is 19.8 Å². The fourth-order valence-corrected chi connectivity index (χ4v) is 1.56. The molecule has 0 bridgehead atoms.